The van der Waals surface area contributed by atoms with Gasteiger partial charge in [0, 0.05) is 37.3 Å². The zero-order valence-electron chi connectivity index (χ0n) is 22.9. The lowest BCUT2D eigenvalue weighted by Gasteiger charge is -2.11. The van der Waals surface area contributed by atoms with Crippen molar-refractivity contribution >= 4 is 17.0 Å². The van der Waals surface area contributed by atoms with Gasteiger partial charge in [0.2, 0.25) is 5.88 Å². The number of nitriles is 1. The second kappa shape index (κ2) is 12.6. The molecule has 0 fully saturated rings. The molecule has 5 rings (SSSR count). The predicted molar refractivity (Wildman–Crippen MR) is 151 cm³/mol. The van der Waals surface area contributed by atoms with Crippen LogP contribution in [0.15, 0.2) is 72.8 Å². The summed E-state index contributed by atoms with van der Waals surface area (Å²) in [7, 11) is 2.92. The number of halogens is 2. The van der Waals surface area contributed by atoms with E-state index in [1.807, 2.05) is 10.6 Å². The molecular weight excluding hydrogens is 542 g/mol. The van der Waals surface area contributed by atoms with E-state index < -0.39 is 17.6 Å². The molecule has 0 aliphatic heterocycles. The Bertz CT molecular complexity index is 1810. The van der Waals surface area contributed by atoms with E-state index in [0.29, 0.717) is 46.9 Å². The number of imidazole rings is 1. The summed E-state index contributed by atoms with van der Waals surface area (Å²) in [6.07, 6.45) is 0.213. The van der Waals surface area contributed by atoms with Crippen molar-refractivity contribution in [2.45, 2.75) is 19.6 Å². The van der Waals surface area contributed by atoms with Crippen molar-refractivity contribution in [3.63, 3.8) is 0 Å². The lowest BCUT2D eigenvalue weighted by molar-refractivity contribution is 0.0601. The van der Waals surface area contributed by atoms with Crippen LogP contribution in [0, 0.1) is 23.0 Å². The largest absolute Gasteiger partial charge is 0.473 e. The smallest absolute Gasteiger partial charge is 0.337 e. The number of benzene rings is 3. The Morgan fingerprint density at radius 2 is 1.76 bits per heavy atom. The third-order valence-corrected chi connectivity index (χ3v) is 6.75. The number of methoxy groups -OCH3 is 2. The Balaban J connectivity index is 1.37. The number of hydrogen-bond acceptors (Lipinski definition) is 7. The Kier molecular flexibility index (Phi) is 8.50. The predicted octanol–water partition coefficient (Wildman–Crippen LogP) is 5.85. The highest BCUT2D eigenvalue weighted by molar-refractivity contribution is 5.93. The number of hydrogen-bond donors (Lipinski definition) is 0. The van der Waals surface area contributed by atoms with Crippen LogP contribution in [0.1, 0.15) is 32.9 Å². The van der Waals surface area contributed by atoms with Crippen molar-refractivity contribution in [3.05, 3.63) is 113 Å². The summed E-state index contributed by atoms with van der Waals surface area (Å²) in [5, 5.41) is 8.91. The fourth-order valence-corrected chi connectivity index (χ4v) is 4.55. The maximum atomic E-state index is 15.4. The van der Waals surface area contributed by atoms with Crippen LogP contribution in [0.2, 0.25) is 0 Å². The first-order valence-electron chi connectivity index (χ1n) is 13.0. The molecular formula is C32H26F2N4O4. The van der Waals surface area contributed by atoms with E-state index >= 15 is 4.39 Å². The first-order valence-corrected chi connectivity index (χ1v) is 13.0. The summed E-state index contributed by atoms with van der Waals surface area (Å²) in [5.74, 6) is -0.550. The lowest BCUT2D eigenvalue weighted by Crippen LogP contribution is -2.10. The topological polar surface area (TPSA) is 99.3 Å². The highest BCUT2D eigenvalue weighted by Crippen LogP contribution is 2.26. The van der Waals surface area contributed by atoms with E-state index in [1.165, 1.54) is 25.3 Å². The Morgan fingerprint density at radius 1 is 0.952 bits per heavy atom. The first-order chi connectivity index (χ1) is 20.4. The van der Waals surface area contributed by atoms with E-state index in [4.69, 9.17) is 24.5 Å². The fraction of sp³-hybridized carbons (Fsp3) is 0.188. The minimum absolute atomic E-state index is 0.0769. The van der Waals surface area contributed by atoms with Crippen molar-refractivity contribution in [1.82, 2.24) is 14.5 Å². The average Bonchev–Trinajstić information content (AvgIpc) is 3.35. The molecule has 0 N–H and O–H groups in total. The van der Waals surface area contributed by atoms with Gasteiger partial charge in [0.05, 0.1) is 47.6 Å². The van der Waals surface area contributed by atoms with Gasteiger partial charge in [0.15, 0.2) is 0 Å². The standard InChI is InChI=1S/C32H26F2N4O4/c1-40-13-12-38-29-16-23(32(39)41-2)10-11-28(29)36-30(38)17-21-8-9-22(15-26(21)34)27-4-3-5-31(37-27)42-19-24-7-6-20(18-35)14-25(24)33/h3-11,14-16H,12-13,17,19H2,1-2H3. The fourth-order valence-electron chi connectivity index (χ4n) is 4.55. The van der Waals surface area contributed by atoms with E-state index in [1.54, 1.807) is 55.6 Å². The summed E-state index contributed by atoms with van der Waals surface area (Å²) in [4.78, 5) is 21.2. The molecule has 0 amide bonds. The molecule has 10 heteroatoms. The molecule has 212 valence electrons. The average molecular weight is 569 g/mol. The van der Waals surface area contributed by atoms with Gasteiger partial charge in [0.25, 0.3) is 0 Å². The van der Waals surface area contributed by atoms with E-state index in [9.17, 15) is 9.18 Å². The van der Waals surface area contributed by atoms with Gasteiger partial charge >= 0.3 is 5.97 Å². The molecule has 0 radical (unpaired) electrons. The monoisotopic (exact) mass is 568 g/mol. The maximum absolute atomic E-state index is 15.4. The molecule has 0 saturated carbocycles. The lowest BCUT2D eigenvalue weighted by atomic mass is 10.1. The molecule has 0 aliphatic rings. The van der Waals surface area contributed by atoms with Gasteiger partial charge in [-0.1, -0.05) is 24.3 Å². The molecule has 5 aromatic rings. The van der Waals surface area contributed by atoms with Crippen LogP contribution < -0.4 is 4.74 Å². The molecule has 0 unspecified atom stereocenters. The Morgan fingerprint density at radius 3 is 2.50 bits per heavy atom. The molecule has 3 aromatic carbocycles. The summed E-state index contributed by atoms with van der Waals surface area (Å²) in [6, 6.07) is 21.1. The molecule has 42 heavy (non-hydrogen) atoms. The van der Waals surface area contributed by atoms with Crippen molar-refractivity contribution in [1.29, 1.82) is 5.26 Å². The Hall–Kier alpha value is -5.14. The molecule has 8 nitrogen and oxygen atoms in total. The summed E-state index contributed by atoms with van der Waals surface area (Å²) >= 11 is 0. The molecule has 0 bridgehead atoms. The summed E-state index contributed by atoms with van der Waals surface area (Å²) in [5.41, 5.74) is 3.77. The quantitative estimate of drug-likeness (QED) is 0.195. The van der Waals surface area contributed by atoms with Crippen molar-refractivity contribution in [2.75, 3.05) is 20.8 Å². The molecule has 0 atom stereocenters. The zero-order chi connectivity index (χ0) is 29.6. The van der Waals surface area contributed by atoms with E-state index in [-0.39, 0.29) is 30.0 Å². The summed E-state index contributed by atoms with van der Waals surface area (Å²) in [6.45, 7) is 0.798. The van der Waals surface area contributed by atoms with Crippen LogP contribution in [0.25, 0.3) is 22.3 Å². The SMILES string of the molecule is COCCn1c(Cc2ccc(-c3cccc(OCc4ccc(C#N)cc4F)n3)cc2F)nc2ccc(C(=O)OC)cc21. The number of aromatic nitrogens is 3. The zero-order valence-corrected chi connectivity index (χ0v) is 22.9. The number of esters is 1. The molecule has 2 aromatic heterocycles. The number of pyridine rings is 1. The number of ether oxygens (including phenoxy) is 3. The van der Waals surface area contributed by atoms with Crippen LogP contribution in [-0.2, 0) is 29.0 Å². The van der Waals surface area contributed by atoms with Crippen molar-refractivity contribution in [3.8, 4) is 23.2 Å². The number of nitrogens with zero attached hydrogens (tertiary/aromatic N) is 4. The van der Waals surface area contributed by atoms with Gasteiger partial charge in [-0.25, -0.2) is 23.5 Å². The van der Waals surface area contributed by atoms with E-state index in [0.717, 1.165) is 11.6 Å². The number of rotatable bonds is 10. The van der Waals surface area contributed by atoms with Gasteiger partial charge in [-0.3, -0.25) is 0 Å². The number of fused-ring (bicyclic) bond motifs is 1. The molecule has 0 saturated heterocycles. The van der Waals surface area contributed by atoms with Crippen molar-refractivity contribution in [2.24, 2.45) is 0 Å². The Labute approximate surface area is 240 Å². The van der Waals surface area contributed by atoms with Gasteiger partial charge in [0.1, 0.15) is 24.1 Å². The third kappa shape index (κ3) is 6.11. The minimum atomic E-state index is -0.539. The third-order valence-electron chi connectivity index (χ3n) is 6.75. The second-order valence-electron chi connectivity index (χ2n) is 9.42. The molecule has 2 heterocycles. The first kappa shape index (κ1) is 28.4. The molecule has 0 spiro atoms. The van der Waals surface area contributed by atoms with Gasteiger partial charge < -0.3 is 18.8 Å². The minimum Gasteiger partial charge on any atom is -0.473 e. The highest BCUT2D eigenvalue weighted by atomic mass is 19.1. The number of carbonyl (C=O) groups excluding carboxylic acids is 1. The van der Waals surface area contributed by atoms with Crippen LogP contribution in [0.3, 0.4) is 0 Å². The number of carbonyl (C=O) groups is 1. The van der Waals surface area contributed by atoms with E-state index in [2.05, 4.69) is 4.98 Å². The van der Waals surface area contributed by atoms with Crippen LogP contribution >= 0.6 is 0 Å². The second-order valence-corrected chi connectivity index (χ2v) is 9.42. The van der Waals surface area contributed by atoms with Crippen LogP contribution in [-0.4, -0.2) is 41.3 Å². The molecule has 0 aliphatic carbocycles. The summed E-state index contributed by atoms with van der Waals surface area (Å²) < 4.78 is 47.3. The van der Waals surface area contributed by atoms with Gasteiger partial charge in [-0.05, 0) is 48.0 Å². The van der Waals surface area contributed by atoms with Crippen LogP contribution in [0.4, 0.5) is 8.78 Å². The van der Waals surface area contributed by atoms with Crippen LogP contribution in [0.5, 0.6) is 5.88 Å². The van der Waals surface area contributed by atoms with Gasteiger partial charge in [-0.15, -0.1) is 0 Å². The maximum Gasteiger partial charge on any atom is 0.337 e. The normalized spacial score (nSPS) is 10.9. The highest BCUT2D eigenvalue weighted by Gasteiger charge is 2.17. The van der Waals surface area contributed by atoms with Gasteiger partial charge in [-0.2, -0.15) is 5.26 Å². The van der Waals surface area contributed by atoms with Crippen molar-refractivity contribution < 1.29 is 27.8 Å².